The predicted molar refractivity (Wildman–Crippen MR) is 56.5 cm³/mol. The van der Waals surface area contributed by atoms with E-state index in [1.807, 2.05) is 18.2 Å². The Morgan fingerprint density at radius 1 is 1.33 bits per heavy atom. The maximum Gasteiger partial charge on any atom is 0.164 e. The van der Waals surface area contributed by atoms with E-state index in [1.54, 1.807) is 14.2 Å². The summed E-state index contributed by atoms with van der Waals surface area (Å²) in [5.41, 5.74) is 1.08. The zero-order valence-electron chi connectivity index (χ0n) is 8.90. The normalized spacial score (nSPS) is 23.3. The lowest BCUT2D eigenvalue weighted by Crippen LogP contribution is -1.95. The molecule has 1 aromatic rings. The summed E-state index contributed by atoms with van der Waals surface area (Å²) in [4.78, 5) is 10.6. The topological polar surface area (TPSA) is 35.5 Å². The molecule has 0 spiro atoms. The molecular weight excluding hydrogens is 192 g/mol. The third-order valence-electron chi connectivity index (χ3n) is 2.85. The summed E-state index contributed by atoms with van der Waals surface area (Å²) in [6, 6.07) is 5.78. The van der Waals surface area contributed by atoms with Crippen molar-refractivity contribution in [3.63, 3.8) is 0 Å². The van der Waals surface area contributed by atoms with Crippen LogP contribution in [-0.4, -0.2) is 20.5 Å². The molecule has 0 N–H and O–H groups in total. The number of methoxy groups -OCH3 is 2. The molecule has 0 aromatic heterocycles. The molecule has 2 rings (SSSR count). The van der Waals surface area contributed by atoms with Crippen molar-refractivity contribution < 1.29 is 14.3 Å². The Labute approximate surface area is 89.0 Å². The van der Waals surface area contributed by atoms with Crippen LogP contribution in [-0.2, 0) is 4.79 Å². The highest BCUT2D eigenvalue weighted by Gasteiger charge is 2.40. The van der Waals surface area contributed by atoms with Crippen LogP contribution in [0.2, 0.25) is 0 Å². The van der Waals surface area contributed by atoms with E-state index in [2.05, 4.69) is 0 Å². The molecule has 0 heterocycles. The Balaban J connectivity index is 2.34. The van der Waals surface area contributed by atoms with Gasteiger partial charge < -0.3 is 14.3 Å². The fourth-order valence-electron chi connectivity index (χ4n) is 1.93. The van der Waals surface area contributed by atoms with Crippen LogP contribution in [0.3, 0.4) is 0 Å². The van der Waals surface area contributed by atoms with Crippen molar-refractivity contribution in [2.75, 3.05) is 14.2 Å². The highest BCUT2D eigenvalue weighted by atomic mass is 16.5. The molecule has 0 bridgehead atoms. The van der Waals surface area contributed by atoms with Crippen molar-refractivity contribution in [2.45, 2.75) is 12.3 Å². The molecule has 1 fully saturated rings. The molecular formula is C12H14O3. The van der Waals surface area contributed by atoms with Gasteiger partial charge in [0.25, 0.3) is 0 Å². The van der Waals surface area contributed by atoms with Crippen molar-refractivity contribution in [3.8, 4) is 11.5 Å². The largest absolute Gasteiger partial charge is 0.493 e. The maximum absolute atomic E-state index is 10.6. The highest BCUT2D eigenvalue weighted by Crippen LogP contribution is 2.51. The van der Waals surface area contributed by atoms with Gasteiger partial charge in [0, 0.05) is 11.5 Å². The average Bonchev–Trinajstić information content (AvgIpc) is 3.07. The number of aldehydes is 1. The molecule has 3 heteroatoms. The lowest BCUT2D eigenvalue weighted by Gasteiger charge is -2.11. The number of ether oxygens (including phenoxy) is 2. The van der Waals surface area contributed by atoms with Crippen LogP contribution in [0.4, 0.5) is 0 Å². The molecule has 80 valence electrons. The fraction of sp³-hybridized carbons (Fsp3) is 0.417. The van der Waals surface area contributed by atoms with Crippen LogP contribution in [0.15, 0.2) is 18.2 Å². The van der Waals surface area contributed by atoms with E-state index in [4.69, 9.17) is 9.47 Å². The van der Waals surface area contributed by atoms with Crippen LogP contribution in [0.5, 0.6) is 11.5 Å². The fourth-order valence-corrected chi connectivity index (χ4v) is 1.93. The molecule has 1 aromatic carbocycles. The minimum absolute atomic E-state index is 0.158. The molecule has 0 radical (unpaired) electrons. The number of hydrogen-bond donors (Lipinski definition) is 0. The minimum atomic E-state index is 0.158. The monoisotopic (exact) mass is 206 g/mol. The van der Waals surface area contributed by atoms with Gasteiger partial charge in [-0.15, -0.1) is 0 Å². The Kier molecular flexibility index (Phi) is 2.62. The second-order valence-corrected chi connectivity index (χ2v) is 3.72. The van der Waals surface area contributed by atoms with Gasteiger partial charge in [0.15, 0.2) is 11.5 Å². The van der Waals surface area contributed by atoms with E-state index in [0.717, 1.165) is 29.8 Å². The van der Waals surface area contributed by atoms with Crippen molar-refractivity contribution in [2.24, 2.45) is 5.92 Å². The molecule has 0 unspecified atom stereocenters. The minimum Gasteiger partial charge on any atom is -0.493 e. The molecule has 1 saturated carbocycles. The van der Waals surface area contributed by atoms with E-state index in [9.17, 15) is 4.79 Å². The molecule has 0 aliphatic heterocycles. The van der Waals surface area contributed by atoms with Gasteiger partial charge in [0.1, 0.15) is 6.29 Å². The summed E-state index contributed by atoms with van der Waals surface area (Å²) >= 11 is 0. The Hall–Kier alpha value is -1.51. The third-order valence-corrected chi connectivity index (χ3v) is 2.85. The first kappa shape index (κ1) is 10.0. The first-order valence-corrected chi connectivity index (χ1v) is 4.98. The zero-order chi connectivity index (χ0) is 10.8. The van der Waals surface area contributed by atoms with Gasteiger partial charge >= 0.3 is 0 Å². The SMILES string of the molecule is COc1cccc([C@H]2C[C@H]2C=O)c1OC. The van der Waals surface area contributed by atoms with E-state index in [-0.39, 0.29) is 5.92 Å². The van der Waals surface area contributed by atoms with E-state index in [1.165, 1.54) is 0 Å². The first-order chi connectivity index (χ1) is 7.31. The lowest BCUT2D eigenvalue weighted by molar-refractivity contribution is -0.108. The van der Waals surface area contributed by atoms with Gasteiger partial charge in [-0.2, -0.15) is 0 Å². The Morgan fingerprint density at radius 3 is 2.67 bits per heavy atom. The molecule has 1 aliphatic rings. The standard InChI is InChI=1S/C12H14O3/c1-14-11-5-3-4-9(12(11)15-2)10-6-8(10)7-13/h3-5,7-8,10H,6H2,1-2H3/t8-,10-/m0/s1. The lowest BCUT2D eigenvalue weighted by atomic mass is 10.1. The molecule has 3 nitrogen and oxygen atoms in total. The molecule has 1 aliphatic carbocycles. The average molecular weight is 206 g/mol. The number of carbonyl (C=O) groups is 1. The second kappa shape index (κ2) is 3.93. The van der Waals surface area contributed by atoms with Gasteiger partial charge in [-0.25, -0.2) is 0 Å². The van der Waals surface area contributed by atoms with Crippen LogP contribution in [0.1, 0.15) is 17.9 Å². The van der Waals surface area contributed by atoms with Crippen LogP contribution < -0.4 is 9.47 Å². The van der Waals surface area contributed by atoms with Gasteiger partial charge in [-0.05, 0) is 18.4 Å². The number of benzene rings is 1. The molecule has 2 atom stereocenters. The van der Waals surface area contributed by atoms with Crippen molar-refractivity contribution >= 4 is 6.29 Å². The molecule has 0 saturated heterocycles. The third kappa shape index (κ3) is 1.69. The predicted octanol–water partition coefficient (Wildman–Crippen LogP) is 2.01. The Morgan fingerprint density at radius 2 is 2.13 bits per heavy atom. The number of hydrogen-bond acceptors (Lipinski definition) is 3. The van der Waals surface area contributed by atoms with Crippen LogP contribution in [0.25, 0.3) is 0 Å². The summed E-state index contributed by atoms with van der Waals surface area (Å²) < 4.78 is 10.5. The summed E-state index contributed by atoms with van der Waals surface area (Å²) in [7, 11) is 3.24. The second-order valence-electron chi connectivity index (χ2n) is 3.72. The van der Waals surface area contributed by atoms with Crippen molar-refractivity contribution in [1.29, 1.82) is 0 Å². The maximum atomic E-state index is 10.6. The van der Waals surface area contributed by atoms with Crippen molar-refractivity contribution in [1.82, 2.24) is 0 Å². The van der Waals surface area contributed by atoms with E-state index in [0.29, 0.717) is 5.92 Å². The number of para-hydroxylation sites is 1. The van der Waals surface area contributed by atoms with Gasteiger partial charge in [0.05, 0.1) is 14.2 Å². The van der Waals surface area contributed by atoms with Gasteiger partial charge in [-0.1, -0.05) is 12.1 Å². The summed E-state index contributed by atoms with van der Waals surface area (Å²) in [5.74, 6) is 1.96. The smallest absolute Gasteiger partial charge is 0.164 e. The first-order valence-electron chi connectivity index (χ1n) is 4.98. The number of carbonyl (C=O) groups excluding carboxylic acids is 1. The van der Waals surface area contributed by atoms with Gasteiger partial charge in [-0.3, -0.25) is 0 Å². The van der Waals surface area contributed by atoms with E-state index < -0.39 is 0 Å². The van der Waals surface area contributed by atoms with Crippen LogP contribution in [0, 0.1) is 5.92 Å². The molecule has 15 heavy (non-hydrogen) atoms. The van der Waals surface area contributed by atoms with E-state index >= 15 is 0 Å². The van der Waals surface area contributed by atoms with Crippen LogP contribution >= 0.6 is 0 Å². The Bertz CT molecular complexity index is 373. The summed E-state index contributed by atoms with van der Waals surface area (Å²) in [5, 5.41) is 0. The van der Waals surface area contributed by atoms with Crippen molar-refractivity contribution in [3.05, 3.63) is 23.8 Å². The highest BCUT2D eigenvalue weighted by molar-refractivity contribution is 5.63. The summed E-state index contributed by atoms with van der Waals surface area (Å²) in [6.45, 7) is 0. The molecule has 0 amide bonds. The summed E-state index contributed by atoms with van der Waals surface area (Å²) in [6.07, 6.45) is 1.94. The number of rotatable bonds is 4. The quantitative estimate of drug-likeness (QED) is 0.707. The zero-order valence-corrected chi connectivity index (χ0v) is 8.90. The van der Waals surface area contributed by atoms with Gasteiger partial charge in [0.2, 0.25) is 0 Å².